The first kappa shape index (κ1) is 23.6. The first-order valence-electron chi connectivity index (χ1n) is 10.9. The third kappa shape index (κ3) is 5.41. The highest BCUT2D eigenvalue weighted by Crippen LogP contribution is 2.36. The number of nitrogens with one attached hydrogen (secondary N) is 3. The second-order valence-electron chi connectivity index (χ2n) is 8.17. The summed E-state index contributed by atoms with van der Waals surface area (Å²) in [6.07, 6.45) is 5.10. The molecule has 2 heterocycles. The number of aromatic nitrogens is 1. The highest BCUT2D eigenvalue weighted by Gasteiger charge is 2.35. The van der Waals surface area contributed by atoms with Crippen molar-refractivity contribution in [1.82, 2.24) is 15.6 Å². The Morgan fingerprint density at radius 1 is 1.06 bits per heavy atom. The van der Waals surface area contributed by atoms with Gasteiger partial charge in [-0.3, -0.25) is 4.99 Å². The van der Waals surface area contributed by atoms with E-state index in [4.69, 9.17) is 4.74 Å². The van der Waals surface area contributed by atoms with Crippen LogP contribution in [0.5, 0.6) is 0 Å². The Bertz CT molecular complexity index is 1010. The van der Waals surface area contributed by atoms with Crippen LogP contribution in [0.2, 0.25) is 0 Å². The van der Waals surface area contributed by atoms with Crippen LogP contribution in [-0.2, 0) is 16.6 Å². The Hall–Kier alpha value is -2.06. The number of fused-ring (bicyclic) bond motifs is 1. The molecule has 0 spiro atoms. The lowest BCUT2D eigenvalue weighted by Crippen LogP contribution is -2.48. The molecule has 0 aliphatic carbocycles. The molecule has 0 atom stereocenters. The standard InChI is InChI=1S/C25H32N4O.HI/c1-19-7-3-5-9-22(19)25(12-15-30-16-13-25)18-29-24(26-2)27-14-11-20-17-28-23-10-6-4-8-21(20)23;/h3-10,17,28H,11-16,18H2,1-2H3,(H2,26,27,29);1H. The third-order valence-corrected chi connectivity index (χ3v) is 6.35. The van der Waals surface area contributed by atoms with Crippen molar-refractivity contribution >= 4 is 40.8 Å². The Labute approximate surface area is 202 Å². The summed E-state index contributed by atoms with van der Waals surface area (Å²) in [7, 11) is 1.84. The van der Waals surface area contributed by atoms with E-state index in [0.717, 1.165) is 51.5 Å². The van der Waals surface area contributed by atoms with Crippen LogP contribution in [-0.4, -0.2) is 44.3 Å². The molecule has 2 aromatic carbocycles. The van der Waals surface area contributed by atoms with Crippen LogP contribution in [0, 0.1) is 6.92 Å². The summed E-state index contributed by atoms with van der Waals surface area (Å²) in [6, 6.07) is 17.2. The molecule has 0 amide bonds. The lowest BCUT2D eigenvalue weighted by atomic mass is 9.72. The van der Waals surface area contributed by atoms with Gasteiger partial charge in [-0.15, -0.1) is 24.0 Å². The molecule has 3 aromatic rings. The number of H-pyrrole nitrogens is 1. The predicted molar refractivity (Wildman–Crippen MR) is 140 cm³/mol. The summed E-state index contributed by atoms with van der Waals surface area (Å²) >= 11 is 0. The van der Waals surface area contributed by atoms with Crippen LogP contribution in [0.25, 0.3) is 10.9 Å². The van der Waals surface area contributed by atoms with Crippen molar-refractivity contribution in [3.63, 3.8) is 0 Å². The van der Waals surface area contributed by atoms with Crippen LogP contribution in [0.4, 0.5) is 0 Å². The number of hydrogen-bond donors (Lipinski definition) is 3. The Balaban J connectivity index is 0.00000272. The van der Waals surface area contributed by atoms with Crippen LogP contribution >= 0.6 is 24.0 Å². The third-order valence-electron chi connectivity index (χ3n) is 6.35. The largest absolute Gasteiger partial charge is 0.381 e. The van der Waals surface area contributed by atoms with E-state index in [9.17, 15) is 0 Å². The molecule has 31 heavy (non-hydrogen) atoms. The van der Waals surface area contributed by atoms with Crippen LogP contribution in [0.1, 0.15) is 29.5 Å². The predicted octanol–water partition coefficient (Wildman–Crippen LogP) is 4.55. The fraction of sp³-hybridized carbons (Fsp3) is 0.400. The van der Waals surface area contributed by atoms with Crippen LogP contribution in [0.15, 0.2) is 59.7 Å². The molecule has 1 fully saturated rings. The van der Waals surface area contributed by atoms with E-state index in [0.29, 0.717) is 0 Å². The van der Waals surface area contributed by atoms with E-state index < -0.39 is 0 Å². The number of benzene rings is 2. The Kier molecular flexibility index (Phi) is 8.37. The molecule has 0 unspecified atom stereocenters. The fourth-order valence-corrected chi connectivity index (χ4v) is 4.60. The maximum Gasteiger partial charge on any atom is 0.191 e. The van der Waals surface area contributed by atoms with Crippen molar-refractivity contribution in [2.24, 2.45) is 4.99 Å². The molecule has 166 valence electrons. The number of rotatable bonds is 6. The zero-order valence-electron chi connectivity index (χ0n) is 18.4. The van der Waals surface area contributed by atoms with E-state index in [-0.39, 0.29) is 29.4 Å². The van der Waals surface area contributed by atoms with Gasteiger partial charge in [-0.25, -0.2) is 0 Å². The van der Waals surface area contributed by atoms with Crippen molar-refractivity contribution in [1.29, 1.82) is 0 Å². The molecular weight excluding hydrogens is 499 g/mol. The van der Waals surface area contributed by atoms with Gasteiger partial charge in [0.05, 0.1) is 0 Å². The number of hydrogen-bond acceptors (Lipinski definition) is 2. The summed E-state index contributed by atoms with van der Waals surface area (Å²) in [6.45, 7) is 5.52. The average molecular weight is 532 g/mol. The molecule has 0 radical (unpaired) electrons. The van der Waals surface area contributed by atoms with Gasteiger partial charge in [0.2, 0.25) is 0 Å². The summed E-state index contributed by atoms with van der Waals surface area (Å²) in [5, 5.41) is 8.38. The maximum atomic E-state index is 5.68. The molecule has 3 N–H and O–H groups in total. The van der Waals surface area contributed by atoms with Crippen molar-refractivity contribution in [2.45, 2.75) is 31.6 Å². The van der Waals surface area contributed by atoms with Gasteiger partial charge in [-0.05, 0) is 48.9 Å². The van der Waals surface area contributed by atoms with Crippen molar-refractivity contribution in [3.05, 3.63) is 71.4 Å². The minimum absolute atomic E-state index is 0. The molecule has 1 aliphatic rings. The number of guanidine groups is 1. The number of para-hydroxylation sites is 1. The quantitative estimate of drug-likeness (QED) is 0.248. The van der Waals surface area contributed by atoms with E-state index in [1.807, 2.05) is 7.05 Å². The minimum Gasteiger partial charge on any atom is -0.381 e. The van der Waals surface area contributed by atoms with Crippen LogP contribution < -0.4 is 10.6 Å². The van der Waals surface area contributed by atoms with Gasteiger partial charge in [-0.1, -0.05) is 42.5 Å². The molecule has 0 bridgehead atoms. The summed E-state index contributed by atoms with van der Waals surface area (Å²) in [5.74, 6) is 0.856. The van der Waals surface area contributed by atoms with Crippen LogP contribution in [0.3, 0.4) is 0 Å². The molecule has 5 nitrogen and oxygen atoms in total. The zero-order valence-corrected chi connectivity index (χ0v) is 20.7. The van der Waals surface area contributed by atoms with Crippen molar-refractivity contribution < 1.29 is 4.74 Å². The molecular formula is C25H33IN4O. The molecule has 6 heteroatoms. The Morgan fingerprint density at radius 3 is 2.58 bits per heavy atom. The van der Waals surface area contributed by atoms with Crippen molar-refractivity contribution in [2.75, 3.05) is 33.4 Å². The number of aryl methyl sites for hydroxylation is 1. The van der Waals surface area contributed by atoms with Gasteiger partial charge >= 0.3 is 0 Å². The minimum atomic E-state index is 0. The number of nitrogens with zero attached hydrogens (tertiary/aromatic N) is 1. The topological polar surface area (TPSA) is 61.4 Å². The highest BCUT2D eigenvalue weighted by molar-refractivity contribution is 14.0. The van der Waals surface area contributed by atoms with Gasteiger partial charge in [0.15, 0.2) is 5.96 Å². The second-order valence-corrected chi connectivity index (χ2v) is 8.17. The normalized spacial score (nSPS) is 16.0. The average Bonchev–Trinajstić information content (AvgIpc) is 3.20. The Morgan fingerprint density at radius 2 is 1.81 bits per heavy atom. The summed E-state index contributed by atoms with van der Waals surface area (Å²) < 4.78 is 5.68. The maximum absolute atomic E-state index is 5.68. The van der Waals surface area contributed by atoms with E-state index >= 15 is 0 Å². The number of aromatic amines is 1. The molecule has 1 aromatic heterocycles. The zero-order chi connectivity index (χ0) is 20.8. The summed E-state index contributed by atoms with van der Waals surface area (Å²) in [4.78, 5) is 7.81. The SMILES string of the molecule is CN=C(NCCc1c[nH]c2ccccc12)NCC1(c2ccccc2C)CCOCC1.I. The first-order chi connectivity index (χ1) is 14.7. The van der Waals surface area contributed by atoms with Gasteiger partial charge < -0.3 is 20.4 Å². The van der Waals surface area contributed by atoms with Gasteiger partial charge in [-0.2, -0.15) is 0 Å². The second kappa shape index (κ2) is 11.0. The lowest BCUT2D eigenvalue weighted by molar-refractivity contribution is 0.0512. The van der Waals surface area contributed by atoms with E-state index in [1.54, 1.807) is 0 Å². The number of halogens is 1. The molecule has 4 rings (SSSR count). The number of ether oxygens (including phenoxy) is 1. The molecule has 1 aliphatic heterocycles. The van der Waals surface area contributed by atoms with E-state index in [2.05, 4.69) is 82.3 Å². The van der Waals surface area contributed by atoms with Gasteiger partial charge in [0.1, 0.15) is 0 Å². The lowest BCUT2D eigenvalue weighted by Gasteiger charge is -2.39. The molecule has 0 saturated carbocycles. The summed E-state index contributed by atoms with van der Waals surface area (Å²) in [5.41, 5.74) is 5.38. The van der Waals surface area contributed by atoms with Gasteiger partial charge in [0.25, 0.3) is 0 Å². The van der Waals surface area contributed by atoms with Gasteiger partial charge in [0, 0.05) is 55.9 Å². The smallest absolute Gasteiger partial charge is 0.191 e. The monoisotopic (exact) mass is 532 g/mol. The highest BCUT2D eigenvalue weighted by atomic mass is 127. The first-order valence-corrected chi connectivity index (χ1v) is 10.9. The fourth-order valence-electron chi connectivity index (χ4n) is 4.60. The molecule has 1 saturated heterocycles. The van der Waals surface area contributed by atoms with Crippen molar-refractivity contribution in [3.8, 4) is 0 Å². The van der Waals surface area contributed by atoms with E-state index in [1.165, 1.54) is 27.6 Å². The number of aliphatic imine (C=N–C) groups is 1.